The fraction of sp³-hybridized carbons (Fsp3) is 0.698. The summed E-state index contributed by atoms with van der Waals surface area (Å²) in [7, 11) is 4.80. The molecule has 320 valence electrons. The second-order valence-corrected chi connectivity index (χ2v) is 17.1. The number of ketones is 3. The number of thioether (sulfide) groups is 1. The van der Waals surface area contributed by atoms with Gasteiger partial charge < -0.3 is 24.6 Å². The van der Waals surface area contributed by atoms with Crippen LogP contribution in [0.2, 0.25) is 0 Å². The van der Waals surface area contributed by atoms with E-state index in [4.69, 9.17) is 9.47 Å². The Morgan fingerprint density at radius 2 is 1.58 bits per heavy atom. The lowest BCUT2D eigenvalue weighted by Crippen LogP contribution is -2.53. The zero-order valence-electron chi connectivity index (χ0n) is 36.1. The first-order valence-electron chi connectivity index (χ1n) is 20.3. The molecule has 1 fully saturated rings. The number of benzene rings is 1. The summed E-state index contributed by atoms with van der Waals surface area (Å²) in [6.07, 6.45) is 4.34. The van der Waals surface area contributed by atoms with Gasteiger partial charge in [-0.25, -0.2) is 4.79 Å². The molecule has 1 heterocycles. The largest absolute Gasteiger partial charge is 0.445 e. The Hall–Kier alpha value is -3.78. The number of anilines is 1. The van der Waals surface area contributed by atoms with Gasteiger partial charge in [-0.3, -0.25) is 33.7 Å². The monoisotopic (exact) mass is 816 g/mol. The van der Waals surface area contributed by atoms with Crippen molar-refractivity contribution in [2.45, 2.75) is 130 Å². The van der Waals surface area contributed by atoms with Gasteiger partial charge in [0.15, 0.2) is 11.6 Å². The molecule has 57 heavy (non-hydrogen) atoms. The third-order valence-electron chi connectivity index (χ3n) is 11.0. The van der Waals surface area contributed by atoms with Gasteiger partial charge in [0.1, 0.15) is 12.4 Å². The molecule has 0 aromatic heterocycles. The first-order chi connectivity index (χ1) is 26.9. The Kier molecular flexibility index (Phi) is 21.0. The number of likely N-dealkylation sites (tertiary alicyclic amines) is 1. The molecule has 14 heteroatoms. The lowest BCUT2D eigenvalue weighted by molar-refractivity contribution is -0.146. The van der Waals surface area contributed by atoms with Gasteiger partial charge in [-0.2, -0.15) is 11.8 Å². The summed E-state index contributed by atoms with van der Waals surface area (Å²) in [5, 5.41) is 2.85. The molecule has 0 radical (unpaired) electrons. The van der Waals surface area contributed by atoms with Crippen molar-refractivity contribution in [1.82, 2.24) is 14.7 Å². The van der Waals surface area contributed by atoms with Crippen LogP contribution in [0.15, 0.2) is 24.3 Å². The lowest BCUT2D eigenvalue weighted by atomic mass is 9.83. The van der Waals surface area contributed by atoms with Gasteiger partial charge in [-0.15, -0.1) is 0 Å². The number of hydrogen-bond acceptors (Lipinski definition) is 11. The predicted octanol–water partition coefficient (Wildman–Crippen LogP) is 6.41. The number of amides is 4. The number of nitrogens with zero attached hydrogens (tertiary/aromatic N) is 3. The SMILES string of the molecule is CC[C@H](C)[C@@H]([C@@H](CC(C)=O)OC)N(C)C(=O)[C@@H](CC(=O)[C@H](C(C)C)N(C)C(=O)OCc1ccc(NCC(=O)CCCCCN2C(=O)CC(SC)C2=O)cc1)C(C)C. The molecule has 1 aliphatic heterocycles. The smallest absolute Gasteiger partial charge is 0.410 e. The van der Waals surface area contributed by atoms with Gasteiger partial charge in [0.2, 0.25) is 17.7 Å². The third kappa shape index (κ3) is 14.8. The van der Waals surface area contributed by atoms with Gasteiger partial charge in [0.05, 0.1) is 30.0 Å². The Labute approximate surface area is 344 Å². The van der Waals surface area contributed by atoms with E-state index in [1.165, 1.54) is 35.5 Å². The average molecular weight is 817 g/mol. The molecule has 1 aromatic carbocycles. The molecule has 4 amide bonds. The Balaban J connectivity index is 1.91. The van der Waals surface area contributed by atoms with E-state index in [9.17, 15) is 33.6 Å². The maximum Gasteiger partial charge on any atom is 0.410 e. The Morgan fingerprint density at radius 3 is 2.11 bits per heavy atom. The van der Waals surface area contributed by atoms with Crippen LogP contribution in [0.1, 0.15) is 105 Å². The predicted molar refractivity (Wildman–Crippen MR) is 224 cm³/mol. The molecule has 1 aliphatic rings. The number of rotatable bonds is 26. The number of unbranched alkanes of at least 4 members (excludes halogenated alkanes) is 2. The van der Waals surface area contributed by atoms with Gasteiger partial charge in [-0.05, 0) is 61.5 Å². The summed E-state index contributed by atoms with van der Waals surface area (Å²) in [6.45, 7) is 13.6. The quantitative estimate of drug-likeness (QED) is 0.0814. The summed E-state index contributed by atoms with van der Waals surface area (Å²) in [4.78, 5) is 94.4. The van der Waals surface area contributed by atoms with Crippen molar-refractivity contribution in [3.63, 3.8) is 0 Å². The number of nitrogens with one attached hydrogen (secondary N) is 1. The van der Waals surface area contributed by atoms with Gasteiger partial charge in [-0.1, -0.05) is 66.5 Å². The number of carbonyl (C=O) groups is 7. The Bertz CT molecular complexity index is 1520. The molecule has 1 aromatic rings. The van der Waals surface area contributed by atoms with Crippen molar-refractivity contribution in [3.8, 4) is 0 Å². The Morgan fingerprint density at radius 1 is 0.930 bits per heavy atom. The highest BCUT2D eigenvalue weighted by Gasteiger charge is 2.40. The van der Waals surface area contributed by atoms with Crippen LogP contribution in [0.4, 0.5) is 10.5 Å². The minimum atomic E-state index is -0.818. The molecule has 1 saturated heterocycles. The second-order valence-electron chi connectivity index (χ2n) is 16.1. The van der Waals surface area contributed by atoms with Crippen LogP contribution >= 0.6 is 11.8 Å². The van der Waals surface area contributed by atoms with Crippen LogP contribution in [0.5, 0.6) is 0 Å². The van der Waals surface area contributed by atoms with Crippen molar-refractivity contribution < 1.29 is 43.0 Å². The first kappa shape index (κ1) is 49.4. The van der Waals surface area contributed by atoms with E-state index in [2.05, 4.69) is 5.32 Å². The van der Waals surface area contributed by atoms with Gasteiger partial charge in [0.25, 0.3) is 0 Å². The topological polar surface area (TPSA) is 160 Å². The molecule has 0 bridgehead atoms. The third-order valence-corrected chi connectivity index (χ3v) is 12.0. The van der Waals surface area contributed by atoms with E-state index in [0.29, 0.717) is 25.8 Å². The highest BCUT2D eigenvalue weighted by Crippen LogP contribution is 2.28. The van der Waals surface area contributed by atoms with Crippen molar-refractivity contribution in [3.05, 3.63) is 29.8 Å². The minimum Gasteiger partial charge on any atom is -0.445 e. The summed E-state index contributed by atoms with van der Waals surface area (Å²) >= 11 is 1.40. The second kappa shape index (κ2) is 24.2. The molecular weight excluding hydrogens is 749 g/mol. The minimum absolute atomic E-state index is 0.0240. The van der Waals surface area contributed by atoms with E-state index >= 15 is 0 Å². The van der Waals surface area contributed by atoms with Gasteiger partial charge in [0, 0.05) is 65.0 Å². The van der Waals surface area contributed by atoms with Crippen LogP contribution in [0, 0.1) is 23.7 Å². The van der Waals surface area contributed by atoms with Crippen molar-refractivity contribution in [1.29, 1.82) is 0 Å². The highest BCUT2D eigenvalue weighted by molar-refractivity contribution is 8.00. The van der Waals surface area contributed by atoms with E-state index in [-0.39, 0.29) is 96.5 Å². The summed E-state index contributed by atoms with van der Waals surface area (Å²) < 4.78 is 11.3. The molecule has 6 atom stereocenters. The summed E-state index contributed by atoms with van der Waals surface area (Å²) in [6, 6.07) is 6.01. The van der Waals surface area contributed by atoms with E-state index in [0.717, 1.165) is 24.1 Å². The zero-order chi connectivity index (χ0) is 43.0. The molecule has 1 N–H and O–H groups in total. The lowest BCUT2D eigenvalue weighted by Gasteiger charge is -2.40. The molecule has 13 nitrogen and oxygen atoms in total. The maximum atomic E-state index is 14.1. The number of ether oxygens (including phenoxy) is 2. The molecule has 0 saturated carbocycles. The van der Waals surface area contributed by atoms with E-state index in [1.54, 1.807) is 43.3 Å². The van der Waals surface area contributed by atoms with Crippen molar-refractivity contribution in [2.24, 2.45) is 23.7 Å². The van der Waals surface area contributed by atoms with E-state index in [1.807, 2.05) is 47.8 Å². The van der Waals surface area contributed by atoms with Crippen molar-refractivity contribution in [2.75, 3.05) is 45.9 Å². The zero-order valence-corrected chi connectivity index (χ0v) is 36.9. The average Bonchev–Trinajstić information content (AvgIpc) is 3.44. The summed E-state index contributed by atoms with van der Waals surface area (Å²) in [5.41, 5.74) is 1.46. The molecule has 0 spiro atoms. The fourth-order valence-electron chi connectivity index (χ4n) is 7.46. The van der Waals surface area contributed by atoms with Crippen LogP contribution in [-0.2, 0) is 44.8 Å². The van der Waals surface area contributed by atoms with Crippen molar-refractivity contribution >= 4 is 58.6 Å². The van der Waals surface area contributed by atoms with Crippen LogP contribution < -0.4 is 5.32 Å². The first-order valence-corrected chi connectivity index (χ1v) is 21.6. The number of imide groups is 1. The number of Topliss-reactive ketones (excluding diaryl/α,β-unsaturated/α-hetero) is 3. The number of hydrogen-bond donors (Lipinski definition) is 1. The number of carbonyl (C=O) groups excluding carboxylic acids is 7. The standard InChI is InChI=1S/C43H68N4O9S/c1-12-29(6)40(36(55-10)22-30(7)48)45(8)41(52)34(27(2)3)23-35(50)39(28(4)5)46(9)43(54)56-26-31-17-19-32(20-18-31)44-25-33(49)16-14-13-15-21-47-38(51)24-37(57-11)42(47)53/h17-20,27-29,34,36-37,39-40,44H,12-16,21-26H2,1-11H3/t29-,34-,36+,37?,39-,40-/m0/s1. The number of likely N-dealkylation sites (N-methyl/N-ethyl adjacent to an activating group) is 2. The summed E-state index contributed by atoms with van der Waals surface area (Å²) in [5.74, 6) is -1.65. The molecule has 1 unspecified atom stereocenters. The normalized spacial score (nSPS) is 16.9. The van der Waals surface area contributed by atoms with Crippen LogP contribution in [-0.4, -0.2) is 120 Å². The fourth-order valence-corrected chi connectivity index (χ4v) is 8.10. The number of methoxy groups -OCH3 is 1. The van der Waals surface area contributed by atoms with Gasteiger partial charge >= 0.3 is 6.09 Å². The van der Waals surface area contributed by atoms with Crippen LogP contribution in [0.3, 0.4) is 0 Å². The van der Waals surface area contributed by atoms with Crippen LogP contribution in [0.25, 0.3) is 0 Å². The highest BCUT2D eigenvalue weighted by atomic mass is 32.2. The molecule has 0 aliphatic carbocycles. The molecule has 2 rings (SSSR count). The molecular formula is C43H68N4O9S. The van der Waals surface area contributed by atoms with E-state index < -0.39 is 24.2 Å². The maximum absolute atomic E-state index is 14.1.